The molecular weight excluding hydrogens is 347 g/mol. The number of likely N-dealkylation sites (tertiary alicyclic amines) is 1. The lowest BCUT2D eigenvalue weighted by Gasteiger charge is -2.32. The average Bonchev–Trinajstić information content (AvgIpc) is 3.24. The summed E-state index contributed by atoms with van der Waals surface area (Å²) >= 11 is 0. The van der Waals surface area contributed by atoms with Gasteiger partial charge in [0.15, 0.2) is 0 Å². The van der Waals surface area contributed by atoms with E-state index in [4.69, 9.17) is 0 Å². The normalized spacial score (nSPS) is 15.1. The number of hydrogen-bond acceptors (Lipinski definition) is 3. The fraction of sp³-hybridized carbons (Fsp3) is 0.250. The number of halogens is 1. The van der Waals surface area contributed by atoms with Crippen molar-refractivity contribution in [1.29, 1.82) is 0 Å². The van der Waals surface area contributed by atoms with Gasteiger partial charge in [0, 0.05) is 37.6 Å². The van der Waals surface area contributed by atoms with Crippen molar-refractivity contribution in [3.63, 3.8) is 0 Å². The summed E-state index contributed by atoms with van der Waals surface area (Å²) in [6.07, 6.45) is 5.83. The zero-order valence-corrected chi connectivity index (χ0v) is 14.7. The Balaban J connectivity index is 1.52. The molecule has 0 spiro atoms. The third kappa shape index (κ3) is 3.53. The maximum absolute atomic E-state index is 13.1. The Kier molecular flexibility index (Phi) is 4.58. The molecular formula is C20H19FN4O2. The molecule has 6 nitrogen and oxygen atoms in total. The minimum atomic E-state index is -0.399. The van der Waals surface area contributed by atoms with Crippen LogP contribution in [0.2, 0.25) is 0 Å². The first-order valence-electron chi connectivity index (χ1n) is 8.90. The zero-order valence-electron chi connectivity index (χ0n) is 14.7. The largest absolute Gasteiger partial charge is 0.351 e. The first kappa shape index (κ1) is 17.2. The Morgan fingerprint density at radius 3 is 2.33 bits per heavy atom. The smallest absolute Gasteiger partial charge is 0.274 e. The third-order valence-corrected chi connectivity index (χ3v) is 4.89. The Labute approximate surface area is 155 Å². The van der Waals surface area contributed by atoms with E-state index in [1.165, 1.54) is 36.4 Å². The topological polar surface area (TPSA) is 60.1 Å². The number of amides is 1. The molecule has 0 N–H and O–H groups in total. The highest BCUT2D eigenvalue weighted by atomic mass is 19.1. The summed E-state index contributed by atoms with van der Waals surface area (Å²) in [5.41, 5.74) is 0.255. The van der Waals surface area contributed by atoms with Crippen LogP contribution in [-0.4, -0.2) is 38.2 Å². The molecule has 1 aliphatic heterocycles. The van der Waals surface area contributed by atoms with Crippen LogP contribution in [0.15, 0.2) is 65.7 Å². The van der Waals surface area contributed by atoms with Crippen molar-refractivity contribution in [3.8, 4) is 5.69 Å². The molecule has 7 heteroatoms. The lowest BCUT2D eigenvalue weighted by Crippen LogP contribution is -2.40. The van der Waals surface area contributed by atoms with Crippen LogP contribution in [0.25, 0.3) is 5.69 Å². The number of carbonyl (C=O) groups is 1. The lowest BCUT2D eigenvalue weighted by atomic mass is 10.0. The minimum absolute atomic E-state index is 0.197. The number of aromatic nitrogens is 3. The first-order valence-corrected chi connectivity index (χ1v) is 8.90. The van der Waals surface area contributed by atoms with Crippen LogP contribution in [0.5, 0.6) is 0 Å². The minimum Gasteiger partial charge on any atom is -0.351 e. The summed E-state index contributed by atoms with van der Waals surface area (Å²) in [5, 5.41) is 4.20. The van der Waals surface area contributed by atoms with E-state index in [0.717, 1.165) is 17.5 Å². The fourth-order valence-corrected chi connectivity index (χ4v) is 3.41. The van der Waals surface area contributed by atoms with Gasteiger partial charge in [-0.15, -0.1) is 0 Å². The van der Waals surface area contributed by atoms with E-state index >= 15 is 0 Å². The third-order valence-electron chi connectivity index (χ3n) is 4.89. The summed E-state index contributed by atoms with van der Waals surface area (Å²) in [5.74, 6) is -0.596. The van der Waals surface area contributed by atoms with E-state index in [-0.39, 0.29) is 17.2 Å². The molecule has 1 fully saturated rings. The van der Waals surface area contributed by atoms with E-state index in [0.29, 0.717) is 24.8 Å². The van der Waals surface area contributed by atoms with Gasteiger partial charge in [0.1, 0.15) is 11.5 Å². The Morgan fingerprint density at radius 1 is 1.00 bits per heavy atom. The van der Waals surface area contributed by atoms with E-state index in [9.17, 15) is 14.0 Å². The standard InChI is InChI=1S/C20H19FN4O2/c21-15-3-5-17(6-4-15)25-19(26)8-7-18(22-25)20(27)24-13-9-16(10-14-24)23-11-1-2-12-23/h1-8,11-12,16H,9-10,13-14H2. The number of rotatable bonds is 3. The van der Waals surface area contributed by atoms with Crippen molar-refractivity contribution >= 4 is 5.91 Å². The highest BCUT2D eigenvalue weighted by Gasteiger charge is 2.25. The second kappa shape index (κ2) is 7.19. The van der Waals surface area contributed by atoms with Crippen LogP contribution >= 0.6 is 0 Å². The molecule has 1 aliphatic rings. The molecule has 0 bridgehead atoms. The van der Waals surface area contributed by atoms with Gasteiger partial charge < -0.3 is 9.47 Å². The molecule has 4 rings (SSSR count). The molecule has 1 aromatic carbocycles. The van der Waals surface area contributed by atoms with Gasteiger partial charge in [-0.1, -0.05) is 0 Å². The summed E-state index contributed by atoms with van der Waals surface area (Å²) in [4.78, 5) is 26.7. The Hall–Kier alpha value is -3.22. The molecule has 138 valence electrons. The number of carbonyl (C=O) groups excluding carboxylic acids is 1. The second-order valence-corrected chi connectivity index (χ2v) is 6.60. The second-order valence-electron chi connectivity index (χ2n) is 6.60. The molecule has 1 saturated heterocycles. The van der Waals surface area contributed by atoms with Gasteiger partial charge >= 0.3 is 0 Å². The molecule has 2 aromatic heterocycles. The number of nitrogens with zero attached hydrogens (tertiary/aromatic N) is 4. The van der Waals surface area contributed by atoms with Gasteiger partial charge in [0.05, 0.1) is 5.69 Å². The van der Waals surface area contributed by atoms with Crippen LogP contribution in [0.1, 0.15) is 29.4 Å². The Morgan fingerprint density at radius 2 is 1.67 bits per heavy atom. The maximum atomic E-state index is 13.1. The van der Waals surface area contributed by atoms with E-state index < -0.39 is 5.82 Å². The van der Waals surface area contributed by atoms with Crippen molar-refractivity contribution in [2.75, 3.05) is 13.1 Å². The van der Waals surface area contributed by atoms with Crippen molar-refractivity contribution in [3.05, 3.63) is 82.8 Å². The maximum Gasteiger partial charge on any atom is 0.274 e. The van der Waals surface area contributed by atoms with E-state index in [1.54, 1.807) is 4.90 Å². The molecule has 0 radical (unpaired) electrons. The number of piperidine rings is 1. The fourth-order valence-electron chi connectivity index (χ4n) is 3.41. The summed E-state index contributed by atoms with van der Waals surface area (Å²) in [7, 11) is 0. The van der Waals surface area contributed by atoms with Crippen LogP contribution in [0.4, 0.5) is 4.39 Å². The van der Waals surface area contributed by atoms with Crippen molar-refractivity contribution < 1.29 is 9.18 Å². The van der Waals surface area contributed by atoms with Crippen LogP contribution in [0.3, 0.4) is 0 Å². The predicted octanol–water partition coefficient (Wildman–Crippen LogP) is 2.65. The monoisotopic (exact) mass is 366 g/mol. The predicted molar refractivity (Wildman–Crippen MR) is 98.4 cm³/mol. The molecule has 3 aromatic rings. The highest BCUT2D eigenvalue weighted by molar-refractivity contribution is 5.92. The molecule has 0 atom stereocenters. The van der Waals surface area contributed by atoms with Crippen molar-refractivity contribution in [1.82, 2.24) is 19.2 Å². The van der Waals surface area contributed by atoms with E-state index in [2.05, 4.69) is 9.67 Å². The molecule has 3 heterocycles. The lowest BCUT2D eigenvalue weighted by molar-refractivity contribution is 0.0686. The summed E-state index contributed by atoms with van der Waals surface area (Å²) in [6, 6.07) is 12.6. The van der Waals surface area contributed by atoms with Gasteiger partial charge in [0.2, 0.25) is 0 Å². The van der Waals surface area contributed by atoms with Gasteiger partial charge in [-0.3, -0.25) is 9.59 Å². The Bertz CT molecular complexity index is 988. The first-order chi connectivity index (χ1) is 13.1. The van der Waals surface area contributed by atoms with Crippen molar-refractivity contribution in [2.24, 2.45) is 0 Å². The van der Waals surface area contributed by atoms with Gasteiger partial charge in [-0.25, -0.2) is 4.39 Å². The molecule has 0 aliphatic carbocycles. The molecule has 27 heavy (non-hydrogen) atoms. The SMILES string of the molecule is O=C(c1ccc(=O)n(-c2ccc(F)cc2)n1)N1CCC(n2cccc2)CC1. The summed E-state index contributed by atoms with van der Waals surface area (Å²) < 4.78 is 16.4. The quantitative estimate of drug-likeness (QED) is 0.716. The molecule has 0 unspecified atom stereocenters. The zero-order chi connectivity index (χ0) is 18.8. The van der Waals surface area contributed by atoms with E-state index in [1.807, 2.05) is 24.5 Å². The molecule has 0 saturated carbocycles. The van der Waals surface area contributed by atoms with Crippen LogP contribution in [0, 0.1) is 5.82 Å². The average molecular weight is 366 g/mol. The van der Waals surface area contributed by atoms with Crippen molar-refractivity contribution in [2.45, 2.75) is 18.9 Å². The van der Waals surface area contributed by atoms with Gasteiger partial charge in [-0.2, -0.15) is 9.78 Å². The van der Waals surface area contributed by atoms with Crippen LogP contribution in [-0.2, 0) is 0 Å². The van der Waals surface area contributed by atoms with Crippen LogP contribution < -0.4 is 5.56 Å². The summed E-state index contributed by atoms with van der Waals surface area (Å²) in [6.45, 7) is 1.28. The van der Waals surface area contributed by atoms with Gasteiger partial charge in [-0.05, 0) is 55.3 Å². The number of benzene rings is 1. The number of hydrogen-bond donors (Lipinski definition) is 0. The molecule has 1 amide bonds. The van der Waals surface area contributed by atoms with Gasteiger partial charge in [0.25, 0.3) is 11.5 Å². The highest BCUT2D eigenvalue weighted by Crippen LogP contribution is 2.23.